The summed E-state index contributed by atoms with van der Waals surface area (Å²) in [6, 6.07) is 3.47. The number of thiophene rings is 1. The lowest BCUT2D eigenvalue weighted by Crippen LogP contribution is -2.07. The van der Waals surface area contributed by atoms with E-state index in [9.17, 15) is 4.39 Å². The predicted octanol–water partition coefficient (Wildman–Crippen LogP) is 3.70. The van der Waals surface area contributed by atoms with Crippen LogP contribution in [0.25, 0.3) is 0 Å². The van der Waals surface area contributed by atoms with Gasteiger partial charge in [-0.3, -0.25) is 0 Å². The molecule has 2 heterocycles. The summed E-state index contributed by atoms with van der Waals surface area (Å²) in [4.78, 5) is 3.97. The first-order valence-electron chi connectivity index (χ1n) is 4.81. The van der Waals surface area contributed by atoms with Crippen LogP contribution in [-0.4, -0.2) is 11.5 Å². The van der Waals surface area contributed by atoms with Crippen molar-refractivity contribution in [3.63, 3.8) is 0 Å². The van der Waals surface area contributed by atoms with Gasteiger partial charge in [0.15, 0.2) is 11.6 Å². The molecule has 0 bridgehead atoms. The van der Waals surface area contributed by atoms with Crippen molar-refractivity contribution in [2.75, 3.05) is 11.9 Å². The maximum Gasteiger partial charge on any atom is 0.166 e. The predicted molar refractivity (Wildman–Crippen MR) is 68.4 cm³/mol. The van der Waals surface area contributed by atoms with Crippen LogP contribution in [0.3, 0.4) is 0 Å². The third-order valence-corrected chi connectivity index (χ3v) is 3.26. The lowest BCUT2D eigenvalue weighted by atomic mass is 10.2. The third-order valence-electron chi connectivity index (χ3n) is 2.09. The Morgan fingerprint density at radius 1 is 1.50 bits per heavy atom. The van der Waals surface area contributed by atoms with Gasteiger partial charge in [-0.25, -0.2) is 9.37 Å². The lowest BCUT2D eigenvalue weighted by molar-refractivity contribution is 0.623. The van der Waals surface area contributed by atoms with Crippen molar-refractivity contribution in [1.29, 1.82) is 0 Å². The van der Waals surface area contributed by atoms with Crippen LogP contribution in [0.5, 0.6) is 0 Å². The number of nitrogens with one attached hydrogen (secondary N) is 1. The van der Waals surface area contributed by atoms with Crippen molar-refractivity contribution in [3.05, 3.63) is 44.9 Å². The minimum absolute atomic E-state index is 0.304. The first-order valence-corrected chi connectivity index (χ1v) is 6.55. The highest BCUT2D eigenvalue weighted by Crippen LogP contribution is 2.16. The Bertz CT molecular complexity index is 459. The van der Waals surface area contributed by atoms with E-state index in [1.807, 2.05) is 5.38 Å². The number of halogens is 2. The van der Waals surface area contributed by atoms with Crippen LogP contribution in [0.15, 0.2) is 33.6 Å². The monoisotopic (exact) mass is 300 g/mol. The molecule has 0 saturated carbocycles. The van der Waals surface area contributed by atoms with Gasteiger partial charge in [0.1, 0.15) is 0 Å². The molecule has 5 heteroatoms. The summed E-state index contributed by atoms with van der Waals surface area (Å²) in [5.74, 6) is -0.0295. The second-order valence-electron chi connectivity index (χ2n) is 3.29. The zero-order valence-corrected chi connectivity index (χ0v) is 10.8. The van der Waals surface area contributed by atoms with Gasteiger partial charge in [0, 0.05) is 17.2 Å². The fraction of sp³-hybridized carbons (Fsp3) is 0.182. The van der Waals surface area contributed by atoms with Gasteiger partial charge >= 0.3 is 0 Å². The van der Waals surface area contributed by atoms with Gasteiger partial charge < -0.3 is 5.32 Å². The number of aromatic nitrogens is 1. The molecule has 2 aromatic rings. The molecule has 0 unspecified atom stereocenters. The summed E-state index contributed by atoms with van der Waals surface area (Å²) >= 11 is 4.83. The minimum atomic E-state index is -0.334. The van der Waals surface area contributed by atoms with Crippen molar-refractivity contribution >= 4 is 33.1 Å². The van der Waals surface area contributed by atoms with E-state index in [0.29, 0.717) is 16.8 Å². The Morgan fingerprint density at radius 2 is 2.38 bits per heavy atom. The molecule has 2 rings (SSSR count). The van der Waals surface area contributed by atoms with Crippen LogP contribution in [0, 0.1) is 5.82 Å². The van der Waals surface area contributed by atoms with Gasteiger partial charge in [0.05, 0.1) is 0 Å². The highest BCUT2D eigenvalue weighted by molar-refractivity contribution is 9.10. The van der Waals surface area contributed by atoms with E-state index in [2.05, 4.69) is 37.7 Å². The Hall–Kier alpha value is -0.940. The summed E-state index contributed by atoms with van der Waals surface area (Å²) in [5.41, 5.74) is 1.26. The number of anilines is 1. The van der Waals surface area contributed by atoms with Crippen molar-refractivity contribution in [2.24, 2.45) is 0 Å². The summed E-state index contributed by atoms with van der Waals surface area (Å²) < 4.78 is 14.0. The standard InChI is InChI=1S/C11H10BrFN2S/c12-9-5-10(13)11(15-6-9)14-3-1-8-2-4-16-7-8/h2,4-7H,1,3H2,(H,14,15). The lowest BCUT2D eigenvalue weighted by Gasteiger charge is -2.05. The molecule has 0 aliphatic heterocycles. The molecule has 2 aromatic heterocycles. The van der Waals surface area contributed by atoms with Crippen molar-refractivity contribution < 1.29 is 4.39 Å². The van der Waals surface area contributed by atoms with Crippen LogP contribution < -0.4 is 5.32 Å². The molecule has 0 radical (unpaired) electrons. The van der Waals surface area contributed by atoms with Gasteiger partial charge in [-0.05, 0) is 50.8 Å². The molecular weight excluding hydrogens is 291 g/mol. The van der Waals surface area contributed by atoms with Gasteiger partial charge in [-0.2, -0.15) is 11.3 Å². The van der Waals surface area contributed by atoms with Crippen LogP contribution in [0.4, 0.5) is 10.2 Å². The van der Waals surface area contributed by atoms with E-state index < -0.39 is 0 Å². The zero-order valence-electron chi connectivity index (χ0n) is 8.41. The largest absolute Gasteiger partial charge is 0.367 e. The Balaban J connectivity index is 1.90. The van der Waals surface area contributed by atoms with E-state index in [4.69, 9.17) is 0 Å². The Labute approximate surface area is 106 Å². The summed E-state index contributed by atoms with van der Waals surface area (Å²) in [5, 5.41) is 7.10. The molecule has 0 aliphatic rings. The molecule has 16 heavy (non-hydrogen) atoms. The number of nitrogens with zero attached hydrogens (tertiary/aromatic N) is 1. The maximum absolute atomic E-state index is 13.4. The SMILES string of the molecule is Fc1cc(Br)cnc1NCCc1ccsc1. The topological polar surface area (TPSA) is 24.9 Å². The molecule has 0 amide bonds. The fourth-order valence-corrected chi connectivity index (χ4v) is 2.31. The maximum atomic E-state index is 13.4. The molecule has 0 aromatic carbocycles. The summed E-state index contributed by atoms with van der Waals surface area (Å²) in [7, 11) is 0. The summed E-state index contributed by atoms with van der Waals surface area (Å²) in [6.45, 7) is 0.683. The van der Waals surface area contributed by atoms with Crippen LogP contribution in [-0.2, 0) is 6.42 Å². The quantitative estimate of drug-likeness (QED) is 0.931. The molecule has 0 fully saturated rings. The van der Waals surface area contributed by atoms with E-state index >= 15 is 0 Å². The second-order valence-corrected chi connectivity index (χ2v) is 4.99. The normalized spacial score (nSPS) is 10.4. The number of hydrogen-bond donors (Lipinski definition) is 1. The van der Waals surface area contributed by atoms with E-state index in [1.165, 1.54) is 11.6 Å². The minimum Gasteiger partial charge on any atom is -0.367 e. The van der Waals surface area contributed by atoms with Gasteiger partial charge in [-0.1, -0.05) is 0 Å². The van der Waals surface area contributed by atoms with E-state index in [1.54, 1.807) is 17.5 Å². The zero-order chi connectivity index (χ0) is 11.4. The van der Waals surface area contributed by atoms with Crippen LogP contribution in [0.2, 0.25) is 0 Å². The average molecular weight is 301 g/mol. The molecule has 0 saturated heterocycles. The first kappa shape index (κ1) is 11.5. The molecule has 0 spiro atoms. The molecule has 84 valence electrons. The van der Waals surface area contributed by atoms with Gasteiger partial charge in [0.25, 0.3) is 0 Å². The molecule has 1 N–H and O–H groups in total. The van der Waals surface area contributed by atoms with Crippen molar-refractivity contribution in [2.45, 2.75) is 6.42 Å². The smallest absolute Gasteiger partial charge is 0.166 e. The Kier molecular flexibility index (Phi) is 3.90. The molecular formula is C11H10BrFN2S. The number of hydrogen-bond acceptors (Lipinski definition) is 3. The van der Waals surface area contributed by atoms with E-state index in [0.717, 1.165) is 6.42 Å². The molecule has 2 nitrogen and oxygen atoms in total. The van der Waals surface area contributed by atoms with Gasteiger partial charge in [0.2, 0.25) is 0 Å². The fourth-order valence-electron chi connectivity index (χ4n) is 1.30. The first-order chi connectivity index (χ1) is 7.75. The van der Waals surface area contributed by atoms with Crippen molar-refractivity contribution in [3.8, 4) is 0 Å². The highest BCUT2D eigenvalue weighted by Gasteiger charge is 2.03. The van der Waals surface area contributed by atoms with E-state index in [-0.39, 0.29) is 5.82 Å². The molecule has 0 aliphatic carbocycles. The van der Waals surface area contributed by atoms with Crippen LogP contribution in [0.1, 0.15) is 5.56 Å². The molecule has 0 atom stereocenters. The average Bonchev–Trinajstić information content (AvgIpc) is 2.74. The second kappa shape index (κ2) is 5.41. The Morgan fingerprint density at radius 3 is 3.06 bits per heavy atom. The summed E-state index contributed by atoms with van der Waals surface area (Å²) in [6.07, 6.45) is 2.46. The van der Waals surface area contributed by atoms with Crippen LogP contribution >= 0.6 is 27.3 Å². The highest BCUT2D eigenvalue weighted by atomic mass is 79.9. The number of pyridine rings is 1. The number of rotatable bonds is 4. The van der Waals surface area contributed by atoms with Gasteiger partial charge in [-0.15, -0.1) is 0 Å². The van der Waals surface area contributed by atoms with Crippen molar-refractivity contribution in [1.82, 2.24) is 4.98 Å². The third kappa shape index (κ3) is 3.02.